The van der Waals surface area contributed by atoms with E-state index >= 15 is 0 Å². The Morgan fingerprint density at radius 2 is 1.88 bits per heavy atom. The molecule has 1 amide bonds. The van der Waals surface area contributed by atoms with Crippen molar-refractivity contribution in [3.05, 3.63) is 83.9 Å². The fourth-order valence-corrected chi connectivity index (χ4v) is 4.04. The van der Waals surface area contributed by atoms with Gasteiger partial charge in [0.25, 0.3) is 0 Å². The maximum Gasteiger partial charge on any atom is 0.234 e. The van der Waals surface area contributed by atoms with Crippen LogP contribution in [-0.4, -0.2) is 33.5 Å². The Hall–Kier alpha value is -4.09. The molecule has 164 valence electrons. The van der Waals surface area contributed by atoms with Gasteiger partial charge in [-0.15, -0.1) is 10.2 Å². The summed E-state index contributed by atoms with van der Waals surface area (Å²) in [6.45, 7) is 2.03. The molecule has 0 unspecified atom stereocenters. The van der Waals surface area contributed by atoms with Crippen molar-refractivity contribution in [1.82, 2.24) is 14.8 Å². The Balaban J connectivity index is 1.63. The number of amides is 1. The van der Waals surface area contributed by atoms with Gasteiger partial charge in [0.2, 0.25) is 5.91 Å². The SMILES string of the molecule is COc1ccccc1-c1nnc(SCC(=O)Nc2cccc(C#N)c2)n1-c1ccc(C)cc1. The molecule has 0 saturated heterocycles. The number of aromatic nitrogens is 3. The Labute approximate surface area is 196 Å². The average molecular weight is 456 g/mol. The van der Waals surface area contributed by atoms with E-state index in [0.717, 1.165) is 16.8 Å². The molecule has 1 aromatic heterocycles. The van der Waals surface area contributed by atoms with Crippen LogP contribution in [0.1, 0.15) is 11.1 Å². The summed E-state index contributed by atoms with van der Waals surface area (Å²) in [5.74, 6) is 1.24. The Bertz CT molecular complexity index is 1330. The van der Waals surface area contributed by atoms with Crippen molar-refractivity contribution < 1.29 is 9.53 Å². The number of hydrogen-bond acceptors (Lipinski definition) is 6. The van der Waals surface area contributed by atoms with E-state index in [2.05, 4.69) is 21.6 Å². The molecule has 0 aliphatic carbocycles. The van der Waals surface area contributed by atoms with Gasteiger partial charge in [-0.3, -0.25) is 9.36 Å². The van der Waals surface area contributed by atoms with E-state index in [0.29, 0.717) is 28.0 Å². The Kier molecular flexibility index (Phi) is 6.72. The van der Waals surface area contributed by atoms with Crippen LogP contribution in [0.15, 0.2) is 78.0 Å². The fraction of sp³-hybridized carbons (Fsp3) is 0.120. The largest absolute Gasteiger partial charge is 0.496 e. The molecule has 0 saturated carbocycles. The van der Waals surface area contributed by atoms with Crippen molar-refractivity contribution in [3.63, 3.8) is 0 Å². The molecule has 4 aromatic rings. The van der Waals surface area contributed by atoms with Crippen LogP contribution in [0.3, 0.4) is 0 Å². The third-order valence-electron chi connectivity index (χ3n) is 4.88. The first-order valence-corrected chi connectivity index (χ1v) is 11.2. The number of hydrogen-bond donors (Lipinski definition) is 1. The van der Waals surface area contributed by atoms with Gasteiger partial charge in [-0.1, -0.05) is 47.7 Å². The van der Waals surface area contributed by atoms with Crippen molar-refractivity contribution in [2.45, 2.75) is 12.1 Å². The molecule has 4 rings (SSSR count). The van der Waals surface area contributed by atoms with E-state index in [-0.39, 0.29) is 11.7 Å². The van der Waals surface area contributed by atoms with Gasteiger partial charge in [-0.2, -0.15) is 5.26 Å². The van der Waals surface area contributed by atoms with Crippen molar-refractivity contribution >= 4 is 23.4 Å². The van der Waals surface area contributed by atoms with Crippen molar-refractivity contribution in [1.29, 1.82) is 5.26 Å². The summed E-state index contributed by atoms with van der Waals surface area (Å²) in [5, 5.41) is 21.2. The van der Waals surface area contributed by atoms with Gasteiger partial charge in [0.1, 0.15) is 5.75 Å². The summed E-state index contributed by atoms with van der Waals surface area (Å²) < 4.78 is 7.45. The first kappa shape index (κ1) is 22.1. The third-order valence-corrected chi connectivity index (χ3v) is 5.81. The molecule has 0 radical (unpaired) electrons. The number of methoxy groups -OCH3 is 1. The molecule has 3 aromatic carbocycles. The van der Waals surface area contributed by atoms with Crippen molar-refractivity contribution in [2.75, 3.05) is 18.2 Å². The van der Waals surface area contributed by atoms with Gasteiger partial charge >= 0.3 is 0 Å². The molecular weight excluding hydrogens is 434 g/mol. The lowest BCUT2D eigenvalue weighted by Gasteiger charge is -2.13. The third kappa shape index (κ3) is 5.05. The average Bonchev–Trinajstić information content (AvgIpc) is 3.27. The normalized spacial score (nSPS) is 10.5. The number of carbonyl (C=O) groups is 1. The number of rotatable bonds is 7. The summed E-state index contributed by atoms with van der Waals surface area (Å²) >= 11 is 1.28. The second kappa shape index (κ2) is 10.0. The molecule has 0 atom stereocenters. The number of nitrogens with one attached hydrogen (secondary N) is 1. The lowest BCUT2D eigenvalue weighted by Crippen LogP contribution is -2.14. The zero-order valence-electron chi connectivity index (χ0n) is 18.1. The standard InChI is InChI=1S/C25H21N5O2S/c1-17-10-12-20(13-11-17)30-24(21-8-3-4-9-22(21)32-2)28-29-25(30)33-16-23(31)27-19-7-5-6-18(14-19)15-26/h3-14H,16H2,1-2H3,(H,27,31). The number of anilines is 1. The van der Waals surface area contributed by atoms with E-state index in [4.69, 9.17) is 10.00 Å². The van der Waals surface area contributed by atoms with E-state index < -0.39 is 0 Å². The van der Waals surface area contributed by atoms with Crippen LogP contribution in [0.4, 0.5) is 5.69 Å². The van der Waals surface area contributed by atoms with Crippen molar-refractivity contribution in [3.8, 4) is 28.9 Å². The zero-order valence-corrected chi connectivity index (χ0v) is 19.0. The molecule has 0 aliphatic heterocycles. The first-order valence-electron chi connectivity index (χ1n) is 10.2. The number of nitrogens with zero attached hydrogens (tertiary/aromatic N) is 4. The minimum atomic E-state index is -0.201. The molecule has 0 fully saturated rings. The molecule has 8 heteroatoms. The molecule has 1 N–H and O–H groups in total. The maximum atomic E-state index is 12.6. The van der Waals surface area contributed by atoms with Crippen LogP contribution in [0.25, 0.3) is 17.1 Å². The van der Waals surface area contributed by atoms with Crippen LogP contribution < -0.4 is 10.1 Å². The van der Waals surface area contributed by atoms with Gasteiger partial charge in [0, 0.05) is 11.4 Å². The number of para-hydroxylation sites is 1. The zero-order chi connectivity index (χ0) is 23.2. The van der Waals surface area contributed by atoms with Gasteiger partial charge in [-0.25, -0.2) is 0 Å². The molecule has 1 heterocycles. The lowest BCUT2D eigenvalue weighted by molar-refractivity contribution is -0.113. The topological polar surface area (TPSA) is 92.8 Å². The highest BCUT2D eigenvalue weighted by Crippen LogP contribution is 2.33. The second-order valence-electron chi connectivity index (χ2n) is 7.21. The minimum absolute atomic E-state index is 0.132. The summed E-state index contributed by atoms with van der Waals surface area (Å²) in [5.41, 5.74) is 3.89. The quantitative estimate of drug-likeness (QED) is 0.400. The van der Waals surface area contributed by atoms with E-state index in [1.54, 1.807) is 31.4 Å². The molecule has 7 nitrogen and oxygen atoms in total. The van der Waals surface area contributed by atoms with Crippen molar-refractivity contribution in [2.24, 2.45) is 0 Å². The predicted molar refractivity (Wildman–Crippen MR) is 129 cm³/mol. The number of thioether (sulfide) groups is 1. The predicted octanol–water partition coefficient (Wildman–Crippen LogP) is 4.85. The number of benzene rings is 3. The number of aryl methyl sites for hydroxylation is 1. The van der Waals surface area contributed by atoms with Crippen LogP contribution >= 0.6 is 11.8 Å². The minimum Gasteiger partial charge on any atom is -0.496 e. The lowest BCUT2D eigenvalue weighted by atomic mass is 10.1. The summed E-state index contributed by atoms with van der Waals surface area (Å²) in [4.78, 5) is 12.6. The molecular formula is C25H21N5O2S. The van der Waals surface area contributed by atoms with E-state index in [9.17, 15) is 4.79 Å². The molecule has 0 spiro atoms. The van der Waals surface area contributed by atoms with Crippen LogP contribution in [0.2, 0.25) is 0 Å². The van der Waals surface area contributed by atoms with Crippen LogP contribution in [0.5, 0.6) is 5.75 Å². The summed E-state index contributed by atoms with van der Waals surface area (Å²) in [7, 11) is 1.62. The second-order valence-corrected chi connectivity index (χ2v) is 8.15. The number of ether oxygens (including phenoxy) is 1. The van der Waals surface area contributed by atoms with E-state index in [1.165, 1.54) is 11.8 Å². The van der Waals surface area contributed by atoms with Gasteiger partial charge in [0.05, 0.1) is 30.1 Å². The number of carbonyl (C=O) groups excluding carboxylic acids is 1. The molecule has 33 heavy (non-hydrogen) atoms. The highest BCUT2D eigenvalue weighted by atomic mass is 32.2. The highest BCUT2D eigenvalue weighted by molar-refractivity contribution is 7.99. The monoisotopic (exact) mass is 455 g/mol. The van der Waals surface area contributed by atoms with Gasteiger partial charge in [-0.05, 0) is 49.4 Å². The Morgan fingerprint density at radius 1 is 1.09 bits per heavy atom. The maximum absolute atomic E-state index is 12.6. The first-order chi connectivity index (χ1) is 16.1. The van der Waals surface area contributed by atoms with E-state index in [1.807, 2.05) is 60.0 Å². The Morgan fingerprint density at radius 3 is 2.64 bits per heavy atom. The van der Waals surface area contributed by atoms with Gasteiger partial charge in [0.15, 0.2) is 11.0 Å². The van der Waals surface area contributed by atoms with Gasteiger partial charge < -0.3 is 10.1 Å². The highest BCUT2D eigenvalue weighted by Gasteiger charge is 2.19. The molecule has 0 aliphatic rings. The molecule has 0 bridgehead atoms. The fourth-order valence-electron chi connectivity index (χ4n) is 3.29. The van der Waals surface area contributed by atoms with Crippen LogP contribution in [-0.2, 0) is 4.79 Å². The number of nitriles is 1. The van der Waals surface area contributed by atoms with Crippen LogP contribution in [0, 0.1) is 18.3 Å². The summed E-state index contributed by atoms with van der Waals surface area (Å²) in [6, 6.07) is 24.5. The smallest absolute Gasteiger partial charge is 0.234 e. The summed E-state index contributed by atoms with van der Waals surface area (Å²) in [6.07, 6.45) is 0.